The van der Waals surface area contributed by atoms with Crippen LogP contribution in [-0.4, -0.2) is 80.8 Å². The van der Waals surface area contributed by atoms with Gasteiger partial charge in [0.2, 0.25) is 0 Å². The average molecular weight is 409 g/mol. The van der Waals surface area contributed by atoms with Gasteiger partial charge in [0.05, 0.1) is 13.2 Å². The molecular weight excluding hydrogens is 382 g/mol. The van der Waals surface area contributed by atoms with E-state index in [4.69, 9.17) is 4.74 Å². The molecule has 2 aliphatic rings. The van der Waals surface area contributed by atoms with Crippen molar-refractivity contribution in [3.05, 3.63) is 41.9 Å². The monoisotopic (exact) mass is 409 g/mol. The number of amides is 1. The third kappa shape index (κ3) is 3.18. The van der Waals surface area contributed by atoms with Crippen LogP contribution in [0.3, 0.4) is 0 Å². The molecule has 1 N–H and O–H groups in total. The van der Waals surface area contributed by atoms with E-state index in [1.54, 1.807) is 7.11 Å². The molecular formula is C21H27N7O2. The van der Waals surface area contributed by atoms with Crippen LogP contribution in [-0.2, 0) is 16.8 Å². The maximum atomic E-state index is 13.3. The van der Waals surface area contributed by atoms with E-state index < -0.39 is 0 Å². The van der Waals surface area contributed by atoms with Crippen molar-refractivity contribution in [3.8, 4) is 0 Å². The first-order valence-electron chi connectivity index (χ1n) is 10.6. The van der Waals surface area contributed by atoms with Crippen LogP contribution in [0.2, 0.25) is 0 Å². The molecule has 0 spiro atoms. The van der Waals surface area contributed by atoms with Gasteiger partial charge in [0.25, 0.3) is 5.91 Å². The summed E-state index contributed by atoms with van der Waals surface area (Å²) in [6.07, 6.45) is 3.15. The Labute approximate surface area is 175 Å². The van der Waals surface area contributed by atoms with Gasteiger partial charge in [-0.2, -0.15) is 0 Å². The second kappa shape index (κ2) is 7.81. The molecule has 1 amide bonds. The lowest BCUT2D eigenvalue weighted by atomic mass is 9.95. The lowest BCUT2D eigenvalue weighted by Gasteiger charge is -2.37. The number of ether oxygens (including phenoxy) is 1. The van der Waals surface area contributed by atoms with E-state index in [1.807, 2.05) is 39.9 Å². The molecule has 0 aliphatic carbocycles. The molecule has 30 heavy (non-hydrogen) atoms. The number of H-pyrrole nitrogens is 1. The number of carbonyl (C=O) groups is 1. The number of tetrazole rings is 1. The zero-order valence-corrected chi connectivity index (χ0v) is 17.3. The summed E-state index contributed by atoms with van der Waals surface area (Å²) >= 11 is 0. The van der Waals surface area contributed by atoms with Gasteiger partial charge in [-0.25, -0.2) is 4.68 Å². The van der Waals surface area contributed by atoms with Crippen LogP contribution in [0.15, 0.2) is 30.3 Å². The lowest BCUT2D eigenvalue weighted by molar-refractivity contribution is 0.0694. The van der Waals surface area contributed by atoms with E-state index in [-0.39, 0.29) is 11.4 Å². The number of hydrogen-bond donors (Lipinski definition) is 1. The molecule has 2 aromatic heterocycles. The molecule has 0 unspecified atom stereocenters. The number of fused-ring (bicyclic) bond motifs is 1. The first-order valence-corrected chi connectivity index (χ1v) is 10.6. The molecule has 0 radical (unpaired) electrons. The van der Waals surface area contributed by atoms with Crippen LogP contribution in [0.4, 0.5) is 0 Å². The highest BCUT2D eigenvalue weighted by molar-refractivity contribution is 5.98. The van der Waals surface area contributed by atoms with Crippen molar-refractivity contribution in [3.63, 3.8) is 0 Å². The molecule has 4 heterocycles. The normalized spacial score (nSPS) is 22.4. The van der Waals surface area contributed by atoms with Gasteiger partial charge in [-0.3, -0.25) is 9.69 Å². The molecule has 9 nitrogen and oxygen atoms in total. The summed E-state index contributed by atoms with van der Waals surface area (Å²) in [5, 5.41) is 13.7. The van der Waals surface area contributed by atoms with E-state index in [1.165, 1.54) is 0 Å². The molecule has 2 saturated heterocycles. The fourth-order valence-corrected chi connectivity index (χ4v) is 4.92. The van der Waals surface area contributed by atoms with Crippen molar-refractivity contribution in [1.29, 1.82) is 0 Å². The summed E-state index contributed by atoms with van der Waals surface area (Å²) in [5.41, 5.74) is 1.26. The van der Waals surface area contributed by atoms with E-state index in [0.29, 0.717) is 31.9 Å². The van der Waals surface area contributed by atoms with Crippen molar-refractivity contribution in [2.45, 2.75) is 31.3 Å². The summed E-state index contributed by atoms with van der Waals surface area (Å²) in [4.78, 5) is 21.0. The van der Waals surface area contributed by atoms with Gasteiger partial charge in [-0.05, 0) is 54.9 Å². The van der Waals surface area contributed by atoms with Gasteiger partial charge in [0.15, 0.2) is 5.82 Å². The number of aromatic amines is 1. The summed E-state index contributed by atoms with van der Waals surface area (Å²) in [6, 6.07) is 9.91. The van der Waals surface area contributed by atoms with Crippen molar-refractivity contribution in [1.82, 2.24) is 35.0 Å². The summed E-state index contributed by atoms with van der Waals surface area (Å²) in [7, 11) is 1.68. The predicted octanol–water partition coefficient (Wildman–Crippen LogP) is 1.64. The average Bonchev–Trinajstić information content (AvgIpc) is 3.55. The van der Waals surface area contributed by atoms with Crippen LogP contribution in [0, 0.1) is 0 Å². The first kappa shape index (κ1) is 19.2. The fourth-order valence-electron chi connectivity index (χ4n) is 4.92. The molecule has 0 saturated carbocycles. The highest BCUT2D eigenvalue weighted by atomic mass is 16.5. The highest BCUT2D eigenvalue weighted by Gasteiger charge is 2.50. The first-order chi connectivity index (χ1) is 14.7. The summed E-state index contributed by atoms with van der Waals surface area (Å²) in [5.74, 6) is 0.872. The zero-order valence-electron chi connectivity index (χ0n) is 17.3. The lowest BCUT2D eigenvalue weighted by Crippen LogP contribution is -2.49. The minimum absolute atomic E-state index is 0.0307. The van der Waals surface area contributed by atoms with Crippen molar-refractivity contribution in [2.24, 2.45) is 0 Å². The molecule has 5 rings (SSSR count). The Bertz CT molecular complexity index is 1010. The predicted molar refractivity (Wildman–Crippen MR) is 111 cm³/mol. The summed E-state index contributed by atoms with van der Waals surface area (Å²) in [6.45, 7) is 4.43. The maximum absolute atomic E-state index is 13.3. The number of carbonyl (C=O) groups excluding carboxylic acids is 1. The third-order valence-corrected chi connectivity index (χ3v) is 6.46. The second-order valence-corrected chi connectivity index (χ2v) is 8.19. The topological polar surface area (TPSA) is 92.2 Å². The number of nitrogens with zero attached hydrogens (tertiary/aromatic N) is 6. The Kier molecular flexibility index (Phi) is 5.00. The number of para-hydroxylation sites is 1. The number of hydrogen-bond acceptors (Lipinski definition) is 6. The van der Waals surface area contributed by atoms with Crippen LogP contribution in [0.1, 0.15) is 35.6 Å². The number of nitrogens with one attached hydrogen (secondary N) is 1. The maximum Gasteiger partial charge on any atom is 0.270 e. The Balaban J connectivity index is 1.45. The minimum atomic E-state index is -0.352. The molecule has 1 aromatic carbocycles. The van der Waals surface area contributed by atoms with Crippen LogP contribution < -0.4 is 0 Å². The number of benzene rings is 1. The van der Waals surface area contributed by atoms with Gasteiger partial charge in [0, 0.05) is 31.1 Å². The standard InChI is InChI=1S/C21H27N7O2/c1-30-13-12-28-20(23-24-25-28)21(27-9-4-5-10-27)8-11-26(15-21)19(29)18-14-16-6-2-3-7-17(16)22-18/h2-3,6-7,14,22H,4-5,8-13,15H2,1H3/t21-/m0/s1. The largest absolute Gasteiger partial charge is 0.383 e. The van der Waals surface area contributed by atoms with E-state index in [0.717, 1.165) is 49.1 Å². The molecule has 9 heteroatoms. The number of likely N-dealkylation sites (tertiary alicyclic amines) is 2. The van der Waals surface area contributed by atoms with Crippen molar-refractivity contribution >= 4 is 16.8 Å². The quantitative estimate of drug-likeness (QED) is 0.665. The van der Waals surface area contributed by atoms with Crippen LogP contribution >= 0.6 is 0 Å². The molecule has 2 aliphatic heterocycles. The molecule has 158 valence electrons. The number of rotatable bonds is 6. The van der Waals surface area contributed by atoms with Crippen molar-refractivity contribution in [2.75, 3.05) is 39.9 Å². The van der Waals surface area contributed by atoms with E-state index in [2.05, 4.69) is 25.4 Å². The third-order valence-electron chi connectivity index (χ3n) is 6.46. The molecule has 3 aromatic rings. The molecule has 1 atom stereocenters. The van der Waals surface area contributed by atoms with E-state index in [9.17, 15) is 4.79 Å². The van der Waals surface area contributed by atoms with Crippen molar-refractivity contribution < 1.29 is 9.53 Å². The van der Waals surface area contributed by atoms with Gasteiger partial charge in [0.1, 0.15) is 11.2 Å². The zero-order chi connectivity index (χ0) is 20.6. The SMILES string of the molecule is COCCn1nnnc1[C@]1(N2CCCC2)CCN(C(=O)c2cc3ccccc3[nH]2)C1. The highest BCUT2D eigenvalue weighted by Crippen LogP contribution is 2.39. The molecule has 2 fully saturated rings. The second-order valence-electron chi connectivity index (χ2n) is 8.19. The number of aromatic nitrogens is 5. The number of methoxy groups -OCH3 is 1. The fraction of sp³-hybridized carbons (Fsp3) is 0.524. The summed E-state index contributed by atoms with van der Waals surface area (Å²) < 4.78 is 7.08. The molecule has 0 bridgehead atoms. The Morgan fingerprint density at radius 1 is 1.23 bits per heavy atom. The van der Waals surface area contributed by atoms with Gasteiger partial charge in [-0.15, -0.1) is 5.10 Å². The van der Waals surface area contributed by atoms with Crippen LogP contribution in [0.5, 0.6) is 0 Å². The van der Waals surface area contributed by atoms with Crippen LogP contribution in [0.25, 0.3) is 10.9 Å². The van der Waals surface area contributed by atoms with Gasteiger partial charge >= 0.3 is 0 Å². The Hall–Kier alpha value is -2.78. The Morgan fingerprint density at radius 2 is 2.07 bits per heavy atom. The van der Waals surface area contributed by atoms with Gasteiger partial charge in [-0.1, -0.05) is 18.2 Å². The van der Waals surface area contributed by atoms with Gasteiger partial charge < -0.3 is 14.6 Å². The Morgan fingerprint density at radius 3 is 2.87 bits per heavy atom. The minimum Gasteiger partial charge on any atom is -0.383 e. The smallest absolute Gasteiger partial charge is 0.270 e. The van der Waals surface area contributed by atoms with E-state index >= 15 is 0 Å².